The Kier molecular flexibility index (Phi) is 4.49. The number of thiophene rings is 2. The number of nitriles is 2. The predicted octanol–water partition coefficient (Wildman–Crippen LogP) is 4.88. The van der Waals surface area contributed by atoms with Crippen LogP contribution < -0.4 is 0 Å². The van der Waals surface area contributed by atoms with Crippen LogP contribution in [0.1, 0.15) is 22.5 Å². The highest BCUT2D eigenvalue weighted by Gasteiger charge is 2.32. The highest BCUT2D eigenvalue weighted by atomic mass is 32.1. The summed E-state index contributed by atoms with van der Waals surface area (Å²) in [5.41, 5.74) is 4.61. The molecule has 0 aliphatic heterocycles. The molecule has 0 amide bonds. The van der Waals surface area contributed by atoms with Crippen molar-refractivity contribution in [3.63, 3.8) is 0 Å². The van der Waals surface area contributed by atoms with Crippen molar-refractivity contribution in [1.29, 1.82) is 10.5 Å². The highest BCUT2D eigenvalue weighted by Crippen LogP contribution is 2.37. The molecule has 0 atom stereocenters. The van der Waals surface area contributed by atoms with Gasteiger partial charge >= 0.3 is 0 Å². The average molecular weight is 422 g/mol. The van der Waals surface area contributed by atoms with Gasteiger partial charge in [-0.1, -0.05) is 36.4 Å². The normalized spacial score (nSPS) is 14.7. The third kappa shape index (κ3) is 2.83. The predicted molar refractivity (Wildman–Crippen MR) is 118 cm³/mol. The molecule has 0 fully saturated rings. The number of fused-ring (bicyclic) bond motifs is 2. The second-order valence-corrected chi connectivity index (χ2v) is 8.13. The fraction of sp³-hybridized carbons (Fsp3) is 0. The third-order valence-electron chi connectivity index (χ3n) is 4.61. The molecular weight excluding hydrogens is 412 g/mol. The first kappa shape index (κ1) is 18.1. The summed E-state index contributed by atoms with van der Waals surface area (Å²) in [5.74, 6) is 0. The van der Waals surface area contributed by atoms with Crippen molar-refractivity contribution in [1.82, 2.24) is 9.97 Å². The van der Waals surface area contributed by atoms with Crippen molar-refractivity contribution in [2.45, 2.75) is 0 Å². The van der Waals surface area contributed by atoms with Crippen LogP contribution in [0.2, 0.25) is 0 Å². The van der Waals surface area contributed by atoms with Gasteiger partial charge in [0.15, 0.2) is 0 Å². The van der Waals surface area contributed by atoms with E-state index in [1.807, 2.05) is 71.7 Å². The Labute approximate surface area is 179 Å². The van der Waals surface area contributed by atoms with E-state index in [1.165, 1.54) is 0 Å². The van der Waals surface area contributed by atoms with E-state index in [9.17, 15) is 10.5 Å². The Bertz CT molecular complexity index is 1290. The fourth-order valence-corrected chi connectivity index (χ4v) is 4.84. The molecule has 1 aliphatic carbocycles. The molecule has 4 aromatic rings. The lowest BCUT2D eigenvalue weighted by molar-refractivity contribution is 1.16. The maximum absolute atomic E-state index is 9.33. The minimum absolute atomic E-state index is 0.433. The van der Waals surface area contributed by atoms with E-state index < -0.39 is 0 Å². The van der Waals surface area contributed by atoms with E-state index >= 15 is 0 Å². The summed E-state index contributed by atoms with van der Waals surface area (Å²) in [7, 11) is 0. The smallest absolute Gasteiger partial charge is 0.206 e. The van der Waals surface area contributed by atoms with Gasteiger partial charge in [-0.2, -0.15) is 20.5 Å². The Balaban J connectivity index is 1.90. The Hall–Kier alpha value is -3.98. The van der Waals surface area contributed by atoms with Crippen LogP contribution in [0, 0.1) is 22.9 Å². The van der Waals surface area contributed by atoms with E-state index in [1.54, 1.807) is 22.7 Å². The molecule has 1 aliphatic rings. The minimum atomic E-state index is 0.433. The first-order chi connectivity index (χ1) is 14.8. The van der Waals surface area contributed by atoms with Crippen LogP contribution in [0.15, 0.2) is 69.3 Å². The summed E-state index contributed by atoms with van der Waals surface area (Å²) in [5, 5.41) is 22.6. The van der Waals surface area contributed by atoms with Gasteiger partial charge in [0.05, 0.1) is 9.75 Å². The van der Waals surface area contributed by atoms with Crippen LogP contribution in [0.25, 0.3) is 21.1 Å². The van der Waals surface area contributed by atoms with Crippen LogP contribution in [0.3, 0.4) is 0 Å². The number of hydrogen-bond donors (Lipinski definition) is 0. The summed E-state index contributed by atoms with van der Waals surface area (Å²) >= 11 is 3.13. The molecule has 140 valence electrons. The van der Waals surface area contributed by atoms with Gasteiger partial charge in [-0.25, -0.2) is 9.97 Å². The Morgan fingerprint density at radius 3 is 1.47 bits per heavy atom. The van der Waals surface area contributed by atoms with Crippen molar-refractivity contribution in [2.75, 3.05) is 0 Å². The topological polar surface area (TPSA) is 98.1 Å². The standard InChI is InChI=1S/C22H10N6S2/c23-11-25-17-13-5-1-2-6-14(13)18(26-12-24)22-21(17)27-19(15-7-3-9-29-15)20(28-22)16-8-4-10-30-16/h1-10H/b25-17-,26-18+. The Morgan fingerprint density at radius 2 is 1.10 bits per heavy atom. The largest absolute Gasteiger partial charge is 0.241 e. The Morgan fingerprint density at radius 1 is 0.633 bits per heavy atom. The molecule has 6 nitrogen and oxygen atoms in total. The number of aromatic nitrogens is 2. The first-order valence-corrected chi connectivity index (χ1v) is 10.6. The lowest BCUT2D eigenvalue weighted by Crippen LogP contribution is -2.25. The zero-order valence-electron chi connectivity index (χ0n) is 15.3. The summed E-state index contributed by atoms with van der Waals surface area (Å²) in [6.45, 7) is 0. The lowest BCUT2D eigenvalue weighted by Gasteiger charge is -2.22. The second-order valence-electron chi connectivity index (χ2n) is 6.24. The molecule has 0 saturated carbocycles. The van der Waals surface area contributed by atoms with Gasteiger partial charge in [0.1, 0.15) is 34.2 Å². The van der Waals surface area contributed by atoms with Crippen LogP contribution in [-0.4, -0.2) is 21.4 Å². The van der Waals surface area contributed by atoms with E-state index in [2.05, 4.69) is 9.98 Å². The van der Waals surface area contributed by atoms with Crippen molar-refractivity contribution in [3.05, 3.63) is 81.8 Å². The van der Waals surface area contributed by atoms with E-state index in [0.717, 1.165) is 9.75 Å². The lowest BCUT2D eigenvalue weighted by atomic mass is 9.88. The second kappa shape index (κ2) is 7.45. The van der Waals surface area contributed by atoms with Crippen LogP contribution in [0.5, 0.6) is 0 Å². The van der Waals surface area contributed by atoms with E-state index in [4.69, 9.17) is 9.97 Å². The zero-order valence-corrected chi connectivity index (χ0v) is 16.9. The first-order valence-electron chi connectivity index (χ1n) is 8.85. The van der Waals surface area contributed by atoms with Crippen LogP contribution in [-0.2, 0) is 0 Å². The summed E-state index contributed by atoms with van der Waals surface area (Å²) in [6.07, 6.45) is 3.76. The molecule has 0 spiro atoms. The molecule has 0 unspecified atom stereocenters. The maximum atomic E-state index is 9.33. The number of nitrogens with zero attached hydrogens (tertiary/aromatic N) is 6. The van der Waals surface area contributed by atoms with Crippen molar-refractivity contribution in [2.24, 2.45) is 9.98 Å². The molecule has 5 rings (SSSR count). The molecule has 30 heavy (non-hydrogen) atoms. The fourth-order valence-electron chi connectivity index (χ4n) is 3.41. The van der Waals surface area contributed by atoms with Gasteiger partial charge in [0, 0.05) is 11.1 Å². The number of aliphatic imine (C=N–C) groups is 2. The van der Waals surface area contributed by atoms with Gasteiger partial charge in [-0.3, -0.25) is 0 Å². The third-order valence-corrected chi connectivity index (χ3v) is 6.37. The van der Waals surface area contributed by atoms with Gasteiger partial charge in [0.25, 0.3) is 0 Å². The molecule has 0 saturated heterocycles. The summed E-state index contributed by atoms with van der Waals surface area (Å²) < 4.78 is 0. The zero-order chi connectivity index (χ0) is 20.5. The highest BCUT2D eigenvalue weighted by molar-refractivity contribution is 7.14. The summed E-state index contributed by atoms with van der Waals surface area (Å²) in [4.78, 5) is 19.9. The van der Waals surface area contributed by atoms with Gasteiger partial charge in [-0.05, 0) is 22.9 Å². The summed E-state index contributed by atoms with van der Waals surface area (Å²) in [6, 6.07) is 15.3. The SMILES string of the molecule is N#C/N=C1/c2ccccc2/C(=N\C#N)c2nc(-c3cccs3)c(-c3cccs3)nc21. The van der Waals surface area contributed by atoms with Crippen molar-refractivity contribution in [3.8, 4) is 33.5 Å². The van der Waals surface area contributed by atoms with Crippen LogP contribution >= 0.6 is 22.7 Å². The monoisotopic (exact) mass is 422 g/mol. The van der Waals surface area contributed by atoms with Gasteiger partial charge in [0.2, 0.25) is 12.4 Å². The maximum Gasteiger partial charge on any atom is 0.206 e. The van der Waals surface area contributed by atoms with E-state index in [0.29, 0.717) is 45.3 Å². The molecule has 0 N–H and O–H groups in total. The molecule has 0 radical (unpaired) electrons. The molecule has 3 aromatic heterocycles. The molecule has 0 bridgehead atoms. The number of rotatable bonds is 2. The minimum Gasteiger partial charge on any atom is -0.241 e. The molecular formula is C22H10N6S2. The van der Waals surface area contributed by atoms with Crippen molar-refractivity contribution < 1.29 is 0 Å². The molecule has 3 heterocycles. The number of benzene rings is 1. The van der Waals surface area contributed by atoms with Gasteiger partial charge < -0.3 is 0 Å². The van der Waals surface area contributed by atoms with Gasteiger partial charge in [-0.15, -0.1) is 22.7 Å². The quantitative estimate of drug-likeness (QED) is 0.378. The van der Waals surface area contributed by atoms with Crippen molar-refractivity contribution >= 4 is 34.1 Å². The van der Waals surface area contributed by atoms with Crippen LogP contribution in [0.4, 0.5) is 0 Å². The molecule has 8 heteroatoms. The average Bonchev–Trinajstić information content (AvgIpc) is 3.49. The van der Waals surface area contributed by atoms with E-state index in [-0.39, 0.29) is 0 Å². The number of hydrogen-bond acceptors (Lipinski definition) is 8. The molecule has 1 aromatic carbocycles.